The van der Waals surface area contributed by atoms with Gasteiger partial charge >= 0.3 is 5.97 Å². The number of hydrogen-bond acceptors (Lipinski definition) is 4. The fraction of sp³-hybridized carbons (Fsp3) is 0.625. The lowest BCUT2D eigenvalue weighted by atomic mass is 10.1. The molecule has 0 spiro atoms. The highest BCUT2D eigenvalue weighted by Gasteiger charge is 2.02. The van der Waals surface area contributed by atoms with Crippen molar-refractivity contribution in [2.24, 2.45) is 5.73 Å². The van der Waals surface area contributed by atoms with Gasteiger partial charge in [0.1, 0.15) is 0 Å². The first-order valence-electron chi connectivity index (χ1n) is 4.17. The molecule has 0 aromatic carbocycles. The molecule has 0 aliphatic rings. The summed E-state index contributed by atoms with van der Waals surface area (Å²) < 4.78 is 21.4. The average Bonchev–Trinajstić information content (AvgIpc) is 1.99. The van der Waals surface area contributed by atoms with Crippen LogP contribution in [0, 0.1) is 0 Å². The van der Waals surface area contributed by atoms with Gasteiger partial charge in [-0.25, -0.2) is 8.42 Å². The first-order valence-corrected chi connectivity index (χ1v) is 6.12. The lowest BCUT2D eigenvalue weighted by Crippen LogP contribution is -2.17. The largest absolute Gasteiger partial charge is 0.481 e. The molecule has 0 amide bonds. The predicted molar refractivity (Wildman–Crippen MR) is 53.4 cm³/mol. The van der Waals surface area contributed by atoms with E-state index in [0.717, 1.165) is 11.7 Å². The topological polar surface area (TPSA) is 97.5 Å². The van der Waals surface area contributed by atoms with E-state index in [2.05, 4.69) is 0 Å². The lowest BCUT2D eigenvalue weighted by molar-refractivity contribution is -0.137. The molecule has 14 heavy (non-hydrogen) atoms. The van der Waals surface area contributed by atoms with Crippen LogP contribution in [0.15, 0.2) is 11.5 Å². The Morgan fingerprint density at radius 1 is 1.57 bits per heavy atom. The van der Waals surface area contributed by atoms with Gasteiger partial charge in [-0.1, -0.05) is 6.08 Å². The summed E-state index contributed by atoms with van der Waals surface area (Å²) in [5.41, 5.74) is 5.52. The second kappa shape index (κ2) is 5.77. The van der Waals surface area contributed by atoms with Crippen LogP contribution in [0.5, 0.6) is 0 Å². The smallest absolute Gasteiger partial charge is 0.303 e. The zero-order chi connectivity index (χ0) is 11.2. The fourth-order valence-electron chi connectivity index (χ4n) is 0.829. The van der Waals surface area contributed by atoms with E-state index in [1.807, 2.05) is 0 Å². The van der Waals surface area contributed by atoms with E-state index in [-0.39, 0.29) is 6.42 Å². The number of carbonyl (C=O) groups is 1. The quantitative estimate of drug-likeness (QED) is 0.664. The molecule has 0 radical (unpaired) electrons. The molecular formula is C8H15NO4S. The Morgan fingerprint density at radius 2 is 2.14 bits per heavy atom. The van der Waals surface area contributed by atoms with E-state index in [1.165, 1.54) is 6.08 Å². The molecule has 0 rings (SSSR count). The molecular weight excluding hydrogens is 206 g/mol. The van der Waals surface area contributed by atoms with Crippen LogP contribution in [0.4, 0.5) is 0 Å². The average molecular weight is 221 g/mol. The maximum Gasteiger partial charge on any atom is 0.303 e. The van der Waals surface area contributed by atoms with Gasteiger partial charge in [-0.05, 0) is 12.8 Å². The Kier molecular flexibility index (Phi) is 5.40. The van der Waals surface area contributed by atoms with E-state index in [4.69, 9.17) is 10.8 Å². The maximum atomic E-state index is 10.7. The summed E-state index contributed by atoms with van der Waals surface area (Å²) in [5.74, 6) is -0.871. The lowest BCUT2D eigenvalue weighted by Gasteiger charge is -2.03. The third-order valence-corrected chi connectivity index (χ3v) is 2.15. The zero-order valence-corrected chi connectivity index (χ0v) is 8.83. The summed E-state index contributed by atoms with van der Waals surface area (Å²) in [4.78, 5) is 10.1. The van der Waals surface area contributed by atoms with Crippen LogP contribution in [0.1, 0.15) is 19.3 Å². The standard InChI is InChI=1S/C8H15NO4S/c1-14(12,13)6-5-7(9)3-2-4-8(10)11/h5-7H,2-4,9H2,1H3,(H,10,11)/b6-5+/t7-/m0/s1. The predicted octanol–water partition coefficient (Wildman–Crippen LogP) is 0.127. The normalized spacial score (nSPS) is 14.4. The highest BCUT2D eigenvalue weighted by atomic mass is 32.2. The molecule has 0 saturated carbocycles. The Hall–Kier alpha value is -0.880. The van der Waals surface area contributed by atoms with Gasteiger partial charge in [-0.2, -0.15) is 0 Å². The van der Waals surface area contributed by atoms with Crippen LogP contribution >= 0.6 is 0 Å². The monoisotopic (exact) mass is 221 g/mol. The minimum absolute atomic E-state index is 0.0560. The summed E-state index contributed by atoms with van der Waals surface area (Å²) in [6.45, 7) is 0. The fourth-order valence-corrected chi connectivity index (χ4v) is 1.32. The van der Waals surface area contributed by atoms with Crippen molar-refractivity contribution in [1.82, 2.24) is 0 Å². The van der Waals surface area contributed by atoms with Crippen molar-refractivity contribution in [3.8, 4) is 0 Å². The first-order chi connectivity index (χ1) is 6.31. The number of hydrogen-bond donors (Lipinski definition) is 2. The molecule has 0 aromatic rings. The molecule has 0 fully saturated rings. The summed E-state index contributed by atoms with van der Waals surface area (Å²) in [5, 5.41) is 9.37. The van der Waals surface area contributed by atoms with Crippen LogP contribution in [0.3, 0.4) is 0 Å². The van der Waals surface area contributed by atoms with E-state index in [0.29, 0.717) is 12.8 Å². The van der Waals surface area contributed by atoms with Crippen molar-refractivity contribution in [3.63, 3.8) is 0 Å². The number of nitrogens with two attached hydrogens (primary N) is 1. The number of carboxylic acids is 1. The summed E-state index contributed by atoms with van der Waals surface area (Å²) in [6.07, 6.45) is 3.42. The molecule has 0 bridgehead atoms. The van der Waals surface area contributed by atoms with Crippen LogP contribution in [-0.2, 0) is 14.6 Å². The molecule has 0 aromatic heterocycles. The van der Waals surface area contributed by atoms with Crippen molar-refractivity contribution in [2.45, 2.75) is 25.3 Å². The van der Waals surface area contributed by atoms with Gasteiger partial charge in [-0.15, -0.1) is 0 Å². The minimum Gasteiger partial charge on any atom is -0.481 e. The molecule has 82 valence electrons. The second-order valence-electron chi connectivity index (χ2n) is 3.11. The van der Waals surface area contributed by atoms with Gasteiger partial charge in [0.2, 0.25) is 0 Å². The summed E-state index contributed by atoms with van der Waals surface area (Å²) in [7, 11) is -3.14. The highest BCUT2D eigenvalue weighted by Crippen LogP contribution is 2.01. The van der Waals surface area contributed by atoms with Gasteiger partial charge in [0.25, 0.3) is 0 Å². The molecule has 0 heterocycles. The Balaban J connectivity index is 3.82. The Morgan fingerprint density at radius 3 is 2.57 bits per heavy atom. The third-order valence-electron chi connectivity index (χ3n) is 1.50. The molecule has 0 aliphatic carbocycles. The molecule has 0 unspecified atom stereocenters. The van der Waals surface area contributed by atoms with Gasteiger partial charge < -0.3 is 10.8 Å². The van der Waals surface area contributed by atoms with Crippen molar-refractivity contribution < 1.29 is 18.3 Å². The van der Waals surface area contributed by atoms with Gasteiger partial charge in [0.15, 0.2) is 9.84 Å². The molecule has 0 saturated heterocycles. The van der Waals surface area contributed by atoms with Gasteiger partial charge in [-0.3, -0.25) is 4.79 Å². The Bertz CT molecular complexity index is 307. The number of sulfone groups is 1. The zero-order valence-electron chi connectivity index (χ0n) is 8.01. The van der Waals surface area contributed by atoms with Crippen LogP contribution in [0.2, 0.25) is 0 Å². The number of carboxylic acid groups (broad SMARTS) is 1. The Labute approximate surface area is 83.5 Å². The van der Waals surface area contributed by atoms with Crippen LogP contribution in [-0.4, -0.2) is 31.8 Å². The highest BCUT2D eigenvalue weighted by molar-refractivity contribution is 7.93. The summed E-state index contributed by atoms with van der Waals surface area (Å²) in [6, 6.07) is -0.399. The number of rotatable bonds is 6. The van der Waals surface area contributed by atoms with Gasteiger partial charge in [0.05, 0.1) is 0 Å². The van der Waals surface area contributed by atoms with Crippen molar-refractivity contribution in [3.05, 3.63) is 11.5 Å². The maximum absolute atomic E-state index is 10.7. The van der Waals surface area contributed by atoms with Gasteiger partial charge in [0, 0.05) is 24.1 Å². The van der Waals surface area contributed by atoms with Crippen molar-refractivity contribution >= 4 is 15.8 Å². The number of aliphatic carboxylic acids is 1. The van der Waals surface area contributed by atoms with E-state index >= 15 is 0 Å². The molecule has 3 N–H and O–H groups in total. The van der Waals surface area contributed by atoms with Crippen molar-refractivity contribution in [2.75, 3.05) is 6.26 Å². The molecule has 0 aliphatic heterocycles. The van der Waals surface area contributed by atoms with E-state index in [1.54, 1.807) is 0 Å². The molecule has 1 atom stereocenters. The molecule has 5 nitrogen and oxygen atoms in total. The second-order valence-corrected chi connectivity index (χ2v) is 5.04. The molecule has 6 heteroatoms. The summed E-state index contributed by atoms with van der Waals surface area (Å²) >= 11 is 0. The third kappa shape index (κ3) is 9.21. The van der Waals surface area contributed by atoms with Crippen LogP contribution < -0.4 is 5.73 Å². The van der Waals surface area contributed by atoms with Crippen molar-refractivity contribution in [1.29, 1.82) is 0 Å². The first kappa shape index (κ1) is 13.1. The van der Waals surface area contributed by atoms with E-state index in [9.17, 15) is 13.2 Å². The minimum atomic E-state index is -3.14. The van der Waals surface area contributed by atoms with Crippen LogP contribution in [0.25, 0.3) is 0 Å². The van der Waals surface area contributed by atoms with E-state index < -0.39 is 21.8 Å². The SMILES string of the molecule is CS(=O)(=O)/C=C/[C@@H](N)CCCC(=O)O.